The molecule has 0 spiro atoms. The second-order valence-electron chi connectivity index (χ2n) is 6.87. The molecule has 2 amide bonds. The molecule has 0 saturated carbocycles. The van der Waals surface area contributed by atoms with Gasteiger partial charge in [-0.25, -0.2) is 0 Å². The number of nitrogens with one attached hydrogen (secondary N) is 1. The van der Waals surface area contributed by atoms with Crippen LogP contribution in [0.5, 0.6) is 0 Å². The number of amides is 2. The van der Waals surface area contributed by atoms with Gasteiger partial charge in [0.25, 0.3) is 0 Å². The van der Waals surface area contributed by atoms with Crippen molar-refractivity contribution in [2.45, 2.75) is 24.2 Å². The number of nitrogens with two attached hydrogens (primary N) is 1. The fraction of sp³-hybridized carbons (Fsp3) is 0.182. The molecular weight excluding hydrogens is 446 g/mol. The molecule has 164 valence electrons. The predicted octanol–water partition coefficient (Wildman–Crippen LogP) is 3.47. The zero-order valence-electron chi connectivity index (χ0n) is 17.0. The third kappa shape index (κ3) is 5.27. The minimum atomic E-state index is -0.431. The summed E-state index contributed by atoms with van der Waals surface area (Å²) < 4.78 is 7.17. The number of hydrogen-bond acceptors (Lipinski definition) is 7. The first-order chi connectivity index (χ1) is 15.6. The van der Waals surface area contributed by atoms with Crippen LogP contribution in [0.25, 0.3) is 11.6 Å². The monoisotopic (exact) mass is 467 g/mol. The summed E-state index contributed by atoms with van der Waals surface area (Å²) in [6.45, 7) is 0.296. The smallest absolute Gasteiger partial charge is 0.231 e. The van der Waals surface area contributed by atoms with Crippen molar-refractivity contribution in [1.29, 1.82) is 0 Å². The van der Waals surface area contributed by atoms with Crippen molar-refractivity contribution in [3.8, 4) is 11.6 Å². The van der Waals surface area contributed by atoms with E-state index >= 15 is 0 Å². The Hall–Kier alpha value is -3.37. The lowest BCUT2D eigenvalue weighted by atomic mass is 10.1. The van der Waals surface area contributed by atoms with Crippen LogP contribution in [0.1, 0.15) is 22.9 Å². The highest BCUT2D eigenvalue weighted by atomic mass is 32.2. The van der Waals surface area contributed by atoms with Crippen molar-refractivity contribution in [3.63, 3.8) is 0 Å². The van der Waals surface area contributed by atoms with E-state index in [-0.39, 0.29) is 24.1 Å². The Kier molecular flexibility index (Phi) is 7.03. The largest absolute Gasteiger partial charge is 0.461 e. The van der Waals surface area contributed by atoms with Crippen molar-refractivity contribution in [1.82, 2.24) is 20.1 Å². The molecule has 0 aliphatic carbocycles. The van der Waals surface area contributed by atoms with Gasteiger partial charge in [0.2, 0.25) is 11.8 Å². The van der Waals surface area contributed by atoms with Gasteiger partial charge in [0, 0.05) is 17.8 Å². The van der Waals surface area contributed by atoms with Gasteiger partial charge >= 0.3 is 0 Å². The summed E-state index contributed by atoms with van der Waals surface area (Å²) in [5.41, 5.74) is 6.33. The Bertz CT molecular complexity index is 1160. The highest BCUT2D eigenvalue weighted by Gasteiger charge is 2.20. The molecule has 4 aromatic rings. The van der Waals surface area contributed by atoms with Gasteiger partial charge in [-0.2, -0.15) is 0 Å². The summed E-state index contributed by atoms with van der Waals surface area (Å²) in [6.07, 6.45) is 1.66. The lowest BCUT2D eigenvalue weighted by molar-refractivity contribution is -0.119. The maximum Gasteiger partial charge on any atom is 0.231 e. The van der Waals surface area contributed by atoms with E-state index in [9.17, 15) is 9.59 Å². The molecule has 1 aromatic carbocycles. The molecule has 4 rings (SSSR count). The first-order valence-corrected chi connectivity index (χ1v) is 11.7. The van der Waals surface area contributed by atoms with Crippen LogP contribution in [0.2, 0.25) is 0 Å². The number of primary amides is 1. The van der Waals surface area contributed by atoms with Crippen molar-refractivity contribution < 1.29 is 14.0 Å². The lowest BCUT2D eigenvalue weighted by Gasteiger charge is -2.18. The summed E-state index contributed by atoms with van der Waals surface area (Å²) in [5, 5.41) is 14.0. The molecule has 0 aliphatic heterocycles. The second kappa shape index (κ2) is 10.3. The second-order valence-corrected chi connectivity index (χ2v) is 8.79. The van der Waals surface area contributed by atoms with Gasteiger partial charge in [0.15, 0.2) is 16.7 Å². The maximum absolute atomic E-state index is 12.8. The Morgan fingerprint density at radius 2 is 1.97 bits per heavy atom. The highest BCUT2D eigenvalue weighted by molar-refractivity contribution is 7.99. The van der Waals surface area contributed by atoms with Gasteiger partial charge in [-0.1, -0.05) is 48.2 Å². The number of rotatable bonds is 10. The van der Waals surface area contributed by atoms with Crippen molar-refractivity contribution in [2.75, 3.05) is 5.75 Å². The van der Waals surface area contributed by atoms with Crippen LogP contribution in [0.3, 0.4) is 0 Å². The molecule has 3 N–H and O–H groups in total. The van der Waals surface area contributed by atoms with Crippen molar-refractivity contribution in [3.05, 3.63) is 76.7 Å². The average molecular weight is 468 g/mol. The van der Waals surface area contributed by atoms with Crippen LogP contribution in [-0.2, 0) is 16.1 Å². The normalized spacial score (nSPS) is 11.9. The molecule has 8 nitrogen and oxygen atoms in total. The van der Waals surface area contributed by atoms with Crippen LogP contribution in [0, 0.1) is 0 Å². The topological polar surface area (TPSA) is 116 Å². The van der Waals surface area contributed by atoms with Crippen LogP contribution >= 0.6 is 23.1 Å². The third-order valence-corrected chi connectivity index (χ3v) is 6.54. The summed E-state index contributed by atoms with van der Waals surface area (Å²) in [6, 6.07) is 17.1. The maximum atomic E-state index is 12.8. The summed E-state index contributed by atoms with van der Waals surface area (Å²) in [7, 11) is 0. The average Bonchev–Trinajstić information content (AvgIpc) is 3.57. The fourth-order valence-corrected chi connectivity index (χ4v) is 4.74. The van der Waals surface area contributed by atoms with Crippen LogP contribution < -0.4 is 11.1 Å². The lowest BCUT2D eigenvalue weighted by Crippen LogP contribution is -2.30. The number of hydrogen-bond donors (Lipinski definition) is 2. The van der Waals surface area contributed by atoms with Crippen LogP contribution in [-0.4, -0.2) is 32.3 Å². The predicted molar refractivity (Wildman–Crippen MR) is 123 cm³/mol. The van der Waals surface area contributed by atoms with Gasteiger partial charge in [-0.05, 0) is 29.1 Å². The Morgan fingerprint density at radius 3 is 2.66 bits per heavy atom. The highest BCUT2D eigenvalue weighted by Crippen LogP contribution is 2.27. The minimum absolute atomic E-state index is 0.125. The molecule has 0 saturated heterocycles. The summed E-state index contributed by atoms with van der Waals surface area (Å²) in [4.78, 5) is 25.2. The number of furan rings is 1. The number of benzene rings is 1. The first-order valence-electron chi connectivity index (χ1n) is 9.87. The van der Waals surface area contributed by atoms with E-state index in [4.69, 9.17) is 10.2 Å². The number of carbonyl (C=O) groups excluding carboxylic acids is 2. The standard InChI is InChI=1S/C22H21N5O3S2/c23-18(28)10-11-27-21(16-8-4-12-30-16)25-26-22(27)32-14-19(29)24-20(17-9-5-13-31-17)15-6-2-1-3-7-15/h1-9,12-13,20H,10-11,14H2,(H2,23,28)(H,24,29). The van der Waals surface area contributed by atoms with Gasteiger partial charge in [0.05, 0.1) is 18.1 Å². The molecule has 32 heavy (non-hydrogen) atoms. The van der Waals surface area contributed by atoms with Crippen molar-refractivity contribution >= 4 is 34.9 Å². The summed E-state index contributed by atoms with van der Waals surface area (Å²) >= 11 is 2.84. The Labute approximate surface area is 192 Å². The molecule has 1 atom stereocenters. The molecule has 1 unspecified atom stereocenters. The van der Waals surface area contributed by atoms with E-state index in [1.807, 2.05) is 47.8 Å². The molecule has 10 heteroatoms. The molecule has 3 aromatic heterocycles. The van der Waals surface area contributed by atoms with E-state index in [1.165, 1.54) is 18.0 Å². The van der Waals surface area contributed by atoms with Crippen molar-refractivity contribution in [2.24, 2.45) is 5.73 Å². The van der Waals surface area contributed by atoms with Gasteiger partial charge < -0.3 is 15.5 Å². The molecule has 0 fully saturated rings. The van der Waals surface area contributed by atoms with Crippen LogP contribution in [0.15, 0.2) is 75.8 Å². The van der Waals surface area contributed by atoms with E-state index < -0.39 is 5.91 Å². The van der Waals surface area contributed by atoms with Gasteiger partial charge in [-0.3, -0.25) is 14.2 Å². The number of carbonyl (C=O) groups is 2. The minimum Gasteiger partial charge on any atom is -0.461 e. The van der Waals surface area contributed by atoms with Crippen LogP contribution in [0.4, 0.5) is 0 Å². The number of thiophene rings is 1. The molecule has 0 bridgehead atoms. The zero-order chi connectivity index (χ0) is 22.3. The SMILES string of the molecule is NC(=O)CCn1c(SCC(=O)NC(c2ccccc2)c2cccs2)nnc1-c1ccco1. The van der Waals surface area contributed by atoms with Gasteiger partial charge in [-0.15, -0.1) is 21.5 Å². The first kappa shape index (κ1) is 21.8. The zero-order valence-corrected chi connectivity index (χ0v) is 18.6. The molecule has 0 aliphatic rings. The fourth-order valence-electron chi connectivity index (χ4n) is 3.16. The Balaban J connectivity index is 1.48. The summed E-state index contributed by atoms with van der Waals surface area (Å²) in [5.74, 6) is 0.586. The quantitative estimate of drug-likeness (QED) is 0.345. The molecular formula is C22H21N5O3S2. The van der Waals surface area contributed by atoms with E-state index in [2.05, 4.69) is 15.5 Å². The van der Waals surface area contributed by atoms with E-state index in [0.717, 1.165) is 10.4 Å². The third-order valence-electron chi connectivity index (χ3n) is 4.64. The van der Waals surface area contributed by atoms with Gasteiger partial charge in [0.1, 0.15) is 0 Å². The van der Waals surface area contributed by atoms with E-state index in [0.29, 0.717) is 23.3 Å². The molecule has 0 radical (unpaired) electrons. The Morgan fingerprint density at radius 1 is 1.12 bits per heavy atom. The number of aromatic nitrogens is 3. The number of nitrogens with zero attached hydrogens (tertiary/aromatic N) is 3. The molecule has 3 heterocycles. The number of thioether (sulfide) groups is 1. The van der Waals surface area contributed by atoms with E-state index in [1.54, 1.807) is 28.0 Å².